The Kier molecular flexibility index (Phi) is 2.04. The second kappa shape index (κ2) is 3.19. The van der Waals surface area contributed by atoms with Gasteiger partial charge in [0.25, 0.3) is 0 Å². The summed E-state index contributed by atoms with van der Waals surface area (Å²) in [6, 6.07) is 2.00. The fraction of sp³-hybridized carbons (Fsp3) is 0.556. The fourth-order valence-electron chi connectivity index (χ4n) is 1.65. The van der Waals surface area contributed by atoms with Crippen molar-refractivity contribution in [1.82, 2.24) is 4.98 Å². The summed E-state index contributed by atoms with van der Waals surface area (Å²) >= 11 is 0. The van der Waals surface area contributed by atoms with E-state index in [1.807, 2.05) is 12.3 Å². The van der Waals surface area contributed by atoms with Gasteiger partial charge in [0.1, 0.15) is 0 Å². The summed E-state index contributed by atoms with van der Waals surface area (Å²) in [6.07, 6.45) is 4.20. The minimum absolute atomic E-state index is 0.524. The van der Waals surface area contributed by atoms with E-state index in [-0.39, 0.29) is 0 Å². The van der Waals surface area contributed by atoms with Crippen molar-refractivity contribution in [3.63, 3.8) is 0 Å². The molecule has 1 saturated heterocycles. The van der Waals surface area contributed by atoms with Crippen molar-refractivity contribution in [1.29, 1.82) is 0 Å². The summed E-state index contributed by atoms with van der Waals surface area (Å²) in [7, 11) is 0. The normalized spacial score (nSPS) is 24.2. The third-order valence-corrected chi connectivity index (χ3v) is 2.33. The van der Waals surface area contributed by atoms with E-state index in [2.05, 4.69) is 4.98 Å². The molecule has 0 spiro atoms. The number of aromatic amines is 1. The molecule has 1 atom stereocenters. The Bertz CT molecular complexity index is 251. The van der Waals surface area contributed by atoms with Crippen LogP contribution >= 0.6 is 0 Å². The summed E-state index contributed by atoms with van der Waals surface area (Å²) in [5.74, 6) is 0.524. The van der Waals surface area contributed by atoms with Crippen molar-refractivity contribution >= 4 is 5.69 Å². The number of rotatable bonds is 1. The Labute approximate surface area is 71.9 Å². The van der Waals surface area contributed by atoms with Crippen LogP contribution in [0.4, 0.5) is 5.69 Å². The molecule has 1 aliphatic heterocycles. The molecule has 1 aromatic rings. The zero-order chi connectivity index (χ0) is 8.39. The van der Waals surface area contributed by atoms with Crippen LogP contribution in [0.3, 0.4) is 0 Å². The molecule has 66 valence electrons. The van der Waals surface area contributed by atoms with E-state index in [1.54, 1.807) is 0 Å². The zero-order valence-corrected chi connectivity index (χ0v) is 7.05. The van der Waals surface area contributed by atoms with E-state index in [1.165, 1.54) is 12.1 Å². The van der Waals surface area contributed by atoms with Crippen molar-refractivity contribution in [2.75, 3.05) is 18.9 Å². The molecule has 0 aromatic carbocycles. The number of anilines is 1. The van der Waals surface area contributed by atoms with E-state index < -0.39 is 0 Å². The SMILES string of the molecule is Nc1c[nH]c(C2CCCOC2)c1. The van der Waals surface area contributed by atoms with Gasteiger partial charge in [0.15, 0.2) is 0 Å². The predicted molar refractivity (Wildman–Crippen MR) is 48.0 cm³/mol. The molecule has 3 N–H and O–H groups in total. The molecule has 1 fully saturated rings. The van der Waals surface area contributed by atoms with Gasteiger partial charge in [-0.2, -0.15) is 0 Å². The van der Waals surface area contributed by atoms with Gasteiger partial charge in [-0.1, -0.05) is 0 Å². The molecule has 3 nitrogen and oxygen atoms in total. The van der Waals surface area contributed by atoms with Crippen LogP contribution in [0.2, 0.25) is 0 Å². The van der Waals surface area contributed by atoms with Crippen LogP contribution in [0.5, 0.6) is 0 Å². The summed E-state index contributed by atoms with van der Waals surface area (Å²) < 4.78 is 5.38. The molecule has 0 bridgehead atoms. The number of nitrogens with two attached hydrogens (primary N) is 1. The van der Waals surface area contributed by atoms with Gasteiger partial charge in [-0.3, -0.25) is 0 Å². The van der Waals surface area contributed by atoms with Gasteiger partial charge >= 0.3 is 0 Å². The number of nitrogens with one attached hydrogen (secondary N) is 1. The van der Waals surface area contributed by atoms with Gasteiger partial charge < -0.3 is 15.5 Å². The molecule has 1 aliphatic rings. The third-order valence-electron chi connectivity index (χ3n) is 2.33. The Morgan fingerprint density at radius 1 is 1.58 bits per heavy atom. The largest absolute Gasteiger partial charge is 0.397 e. The van der Waals surface area contributed by atoms with Crippen molar-refractivity contribution in [2.45, 2.75) is 18.8 Å². The summed E-state index contributed by atoms with van der Waals surface area (Å²) in [5, 5.41) is 0. The molecule has 0 saturated carbocycles. The summed E-state index contributed by atoms with van der Waals surface area (Å²) in [6.45, 7) is 1.74. The monoisotopic (exact) mass is 166 g/mol. The van der Waals surface area contributed by atoms with E-state index in [0.717, 1.165) is 25.3 Å². The minimum Gasteiger partial charge on any atom is -0.397 e. The summed E-state index contributed by atoms with van der Waals surface area (Å²) in [4.78, 5) is 3.17. The van der Waals surface area contributed by atoms with Gasteiger partial charge in [-0.25, -0.2) is 0 Å². The minimum atomic E-state index is 0.524. The predicted octanol–water partition coefficient (Wildman–Crippen LogP) is 1.49. The lowest BCUT2D eigenvalue weighted by molar-refractivity contribution is 0.0794. The molecular formula is C9H14N2O. The van der Waals surface area contributed by atoms with Crippen molar-refractivity contribution in [3.8, 4) is 0 Å². The average molecular weight is 166 g/mol. The molecule has 1 unspecified atom stereocenters. The molecule has 2 rings (SSSR count). The maximum Gasteiger partial charge on any atom is 0.0549 e. The van der Waals surface area contributed by atoms with Crippen LogP contribution in [0, 0.1) is 0 Å². The topological polar surface area (TPSA) is 51.0 Å². The first-order valence-corrected chi connectivity index (χ1v) is 4.38. The first kappa shape index (κ1) is 7.68. The highest BCUT2D eigenvalue weighted by Crippen LogP contribution is 2.25. The van der Waals surface area contributed by atoms with Gasteiger partial charge in [0.05, 0.1) is 6.61 Å². The lowest BCUT2D eigenvalue weighted by Crippen LogP contribution is -2.15. The van der Waals surface area contributed by atoms with E-state index >= 15 is 0 Å². The van der Waals surface area contributed by atoms with Crippen LogP contribution in [0.1, 0.15) is 24.5 Å². The smallest absolute Gasteiger partial charge is 0.0549 e. The van der Waals surface area contributed by atoms with Gasteiger partial charge in [-0.15, -0.1) is 0 Å². The van der Waals surface area contributed by atoms with E-state index in [0.29, 0.717) is 5.92 Å². The first-order chi connectivity index (χ1) is 5.86. The quantitative estimate of drug-likeness (QED) is 0.664. The van der Waals surface area contributed by atoms with Gasteiger partial charge in [0, 0.05) is 30.1 Å². The van der Waals surface area contributed by atoms with Gasteiger partial charge in [0.2, 0.25) is 0 Å². The number of nitrogen functional groups attached to an aromatic ring is 1. The van der Waals surface area contributed by atoms with Crippen molar-refractivity contribution < 1.29 is 4.74 Å². The Hall–Kier alpha value is -0.960. The molecule has 0 amide bonds. The number of ether oxygens (including phenoxy) is 1. The van der Waals surface area contributed by atoms with Crippen LogP contribution in [-0.4, -0.2) is 18.2 Å². The second-order valence-corrected chi connectivity index (χ2v) is 3.30. The standard InChI is InChI=1S/C9H14N2O/c10-8-4-9(11-5-8)7-2-1-3-12-6-7/h4-5,7,11H,1-3,6,10H2. The Balaban J connectivity index is 2.08. The van der Waals surface area contributed by atoms with Crippen LogP contribution < -0.4 is 5.73 Å². The van der Waals surface area contributed by atoms with Crippen LogP contribution in [0.15, 0.2) is 12.3 Å². The second-order valence-electron chi connectivity index (χ2n) is 3.30. The highest BCUT2D eigenvalue weighted by Gasteiger charge is 2.16. The first-order valence-electron chi connectivity index (χ1n) is 4.38. The number of aromatic nitrogens is 1. The maximum atomic E-state index is 5.61. The Morgan fingerprint density at radius 3 is 3.08 bits per heavy atom. The fourth-order valence-corrected chi connectivity index (χ4v) is 1.65. The molecule has 12 heavy (non-hydrogen) atoms. The molecule has 1 aromatic heterocycles. The average Bonchev–Trinajstić information content (AvgIpc) is 2.54. The Morgan fingerprint density at radius 2 is 2.50 bits per heavy atom. The highest BCUT2D eigenvalue weighted by molar-refractivity contribution is 5.38. The van der Waals surface area contributed by atoms with E-state index in [4.69, 9.17) is 10.5 Å². The molecular weight excluding hydrogens is 152 g/mol. The summed E-state index contributed by atoms with van der Waals surface area (Å²) in [5.41, 5.74) is 7.64. The van der Waals surface area contributed by atoms with Crippen LogP contribution in [0.25, 0.3) is 0 Å². The molecule has 0 aliphatic carbocycles. The van der Waals surface area contributed by atoms with Gasteiger partial charge in [-0.05, 0) is 18.9 Å². The zero-order valence-electron chi connectivity index (χ0n) is 7.05. The third kappa shape index (κ3) is 1.46. The number of hydrogen-bond donors (Lipinski definition) is 2. The maximum absolute atomic E-state index is 5.61. The lowest BCUT2D eigenvalue weighted by atomic mass is 9.99. The van der Waals surface area contributed by atoms with Crippen molar-refractivity contribution in [3.05, 3.63) is 18.0 Å². The van der Waals surface area contributed by atoms with Crippen molar-refractivity contribution in [2.24, 2.45) is 0 Å². The van der Waals surface area contributed by atoms with Crippen LogP contribution in [-0.2, 0) is 4.74 Å². The molecule has 0 radical (unpaired) electrons. The lowest BCUT2D eigenvalue weighted by Gasteiger charge is -2.20. The number of H-pyrrole nitrogens is 1. The molecule has 3 heteroatoms. The highest BCUT2D eigenvalue weighted by atomic mass is 16.5. The molecule has 2 heterocycles. The van der Waals surface area contributed by atoms with E-state index in [9.17, 15) is 0 Å². The number of hydrogen-bond acceptors (Lipinski definition) is 2.